The molecule has 0 radical (unpaired) electrons. The lowest BCUT2D eigenvalue weighted by molar-refractivity contribution is 0.421. The first kappa shape index (κ1) is 10.8. The SMILES string of the molecule is Oc1c(Br)cc(F)c(F)c1C1CCCN1. The van der Waals surface area contributed by atoms with Gasteiger partial charge in [0.25, 0.3) is 0 Å². The summed E-state index contributed by atoms with van der Waals surface area (Å²) in [7, 11) is 0. The van der Waals surface area contributed by atoms with E-state index >= 15 is 0 Å². The number of rotatable bonds is 1. The van der Waals surface area contributed by atoms with E-state index in [4.69, 9.17) is 0 Å². The standard InChI is InChI=1S/C10H10BrF2NO/c11-5-4-6(12)9(13)8(10(5)15)7-2-1-3-14-7/h4,7,14-15H,1-3H2. The summed E-state index contributed by atoms with van der Waals surface area (Å²) in [5.74, 6) is -2.12. The van der Waals surface area contributed by atoms with Crippen LogP contribution in [0.1, 0.15) is 24.4 Å². The zero-order valence-corrected chi connectivity index (χ0v) is 9.44. The van der Waals surface area contributed by atoms with Crippen molar-refractivity contribution in [2.75, 3.05) is 6.54 Å². The van der Waals surface area contributed by atoms with Crippen molar-refractivity contribution in [1.29, 1.82) is 0 Å². The Kier molecular flexibility index (Phi) is 2.93. The number of hydrogen-bond donors (Lipinski definition) is 2. The van der Waals surface area contributed by atoms with Gasteiger partial charge in [-0.25, -0.2) is 8.78 Å². The predicted octanol–water partition coefficient (Wildman–Crippen LogP) is 2.86. The minimum Gasteiger partial charge on any atom is -0.506 e. The lowest BCUT2D eigenvalue weighted by Crippen LogP contribution is -2.15. The third kappa shape index (κ3) is 1.86. The van der Waals surface area contributed by atoms with Crippen molar-refractivity contribution in [3.8, 4) is 5.75 Å². The van der Waals surface area contributed by atoms with Crippen LogP contribution in [-0.2, 0) is 0 Å². The van der Waals surface area contributed by atoms with E-state index in [-0.39, 0.29) is 21.8 Å². The second-order valence-corrected chi connectivity index (χ2v) is 4.42. The van der Waals surface area contributed by atoms with Crippen molar-refractivity contribution in [2.24, 2.45) is 0 Å². The molecule has 82 valence electrons. The second-order valence-electron chi connectivity index (χ2n) is 3.57. The van der Waals surface area contributed by atoms with Crippen LogP contribution in [0, 0.1) is 11.6 Å². The maximum absolute atomic E-state index is 13.5. The third-order valence-corrected chi connectivity index (χ3v) is 3.19. The van der Waals surface area contributed by atoms with E-state index in [1.54, 1.807) is 0 Å². The molecule has 1 aromatic rings. The summed E-state index contributed by atoms with van der Waals surface area (Å²) in [6.07, 6.45) is 1.61. The van der Waals surface area contributed by atoms with E-state index < -0.39 is 11.6 Å². The molecular formula is C10H10BrF2NO. The summed E-state index contributed by atoms with van der Waals surface area (Å²) < 4.78 is 26.8. The Morgan fingerprint density at radius 1 is 1.47 bits per heavy atom. The fourth-order valence-corrected chi connectivity index (χ4v) is 2.27. The smallest absolute Gasteiger partial charge is 0.167 e. The molecule has 1 aliphatic rings. The van der Waals surface area contributed by atoms with Gasteiger partial charge in [0, 0.05) is 6.04 Å². The van der Waals surface area contributed by atoms with Crippen molar-refractivity contribution in [2.45, 2.75) is 18.9 Å². The van der Waals surface area contributed by atoms with Gasteiger partial charge in [0.15, 0.2) is 11.6 Å². The van der Waals surface area contributed by atoms with Gasteiger partial charge < -0.3 is 10.4 Å². The summed E-state index contributed by atoms with van der Waals surface area (Å²) in [6, 6.07) is 0.639. The molecule has 1 fully saturated rings. The molecule has 5 heteroatoms. The number of phenols is 1. The Bertz CT molecular complexity index is 365. The Hall–Kier alpha value is -0.680. The van der Waals surface area contributed by atoms with Crippen LogP contribution in [0.15, 0.2) is 10.5 Å². The minimum atomic E-state index is -0.963. The lowest BCUT2D eigenvalue weighted by atomic mass is 10.0. The Balaban J connectivity index is 2.52. The van der Waals surface area contributed by atoms with Crippen molar-refractivity contribution in [3.05, 3.63) is 27.7 Å². The number of nitrogens with one attached hydrogen (secondary N) is 1. The van der Waals surface area contributed by atoms with Gasteiger partial charge in [-0.2, -0.15) is 0 Å². The van der Waals surface area contributed by atoms with Crippen LogP contribution >= 0.6 is 15.9 Å². The molecule has 0 amide bonds. The highest BCUT2D eigenvalue weighted by Gasteiger charge is 2.26. The summed E-state index contributed by atoms with van der Waals surface area (Å²) >= 11 is 2.99. The lowest BCUT2D eigenvalue weighted by Gasteiger charge is -2.15. The quantitative estimate of drug-likeness (QED) is 0.774. The molecule has 0 aromatic heterocycles. The Labute approximate surface area is 94.4 Å². The van der Waals surface area contributed by atoms with Gasteiger partial charge in [-0.1, -0.05) is 0 Å². The molecule has 0 aliphatic carbocycles. The zero-order chi connectivity index (χ0) is 11.0. The normalized spacial score (nSPS) is 20.9. The van der Waals surface area contributed by atoms with E-state index in [2.05, 4.69) is 21.2 Å². The highest BCUT2D eigenvalue weighted by atomic mass is 79.9. The molecule has 1 saturated heterocycles. The van der Waals surface area contributed by atoms with Crippen LogP contribution in [-0.4, -0.2) is 11.7 Å². The Morgan fingerprint density at radius 3 is 2.80 bits per heavy atom. The number of aromatic hydroxyl groups is 1. The van der Waals surface area contributed by atoms with Crippen molar-refractivity contribution < 1.29 is 13.9 Å². The van der Waals surface area contributed by atoms with Gasteiger partial charge in [-0.3, -0.25) is 0 Å². The van der Waals surface area contributed by atoms with Crippen LogP contribution in [0.5, 0.6) is 5.75 Å². The number of hydrogen-bond acceptors (Lipinski definition) is 2. The third-order valence-electron chi connectivity index (χ3n) is 2.59. The average Bonchev–Trinajstić information content (AvgIpc) is 2.69. The monoisotopic (exact) mass is 277 g/mol. The van der Waals surface area contributed by atoms with Crippen LogP contribution in [0.25, 0.3) is 0 Å². The fourth-order valence-electron chi connectivity index (χ4n) is 1.85. The van der Waals surface area contributed by atoms with Crippen LogP contribution in [0.4, 0.5) is 8.78 Å². The van der Waals surface area contributed by atoms with Crippen molar-refractivity contribution in [1.82, 2.24) is 5.32 Å². The van der Waals surface area contributed by atoms with Crippen molar-refractivity contribution >= 4 is 15.9 Å². The molecular weight excluding hydrogens is 268 g/mol. The molecule has 2 rings (SSSR count). The molecule has 0 saturated carbocycles. The van der Waals surface area contributed by atoms with Crippen LogP contribution < -0.4 is 5.32 Å². The number of halogens is 3. The largest absolute Gasteiger partial charge is 0.506 e. The van der Waals surface area contributed by atoms with E-state index in [1.807, 2.05) is 0 Å². The van der Waals surface area contributed by atoms with Gasteiger partial charge >= 0.3 is 0 Å². The molecule has 1 heterocycles. The summed E-state index contributed by atoms with van der Waals surface area (Å²) in [4.78, 5) is 0. The van der Waals surface area contributed by atoms with Gasteiger partial charge in [0.1, 0.15) is 5.75 Å². The fraction of sp³-hybridized carbons (Fsp3) is 0.400. The second kappa shape index (κ2) is 4.06. The molecule has 1 aliphatic heterocycles. The molecule has 1 unspecified atom stereocenters. The highest BCUT2D eigenvalue weighted by molar-refractivity contribution is 9.10. The molecule has 2 N–H and O–H groups in total. The van der Waals surface area contributed by atoms with Gasteiger partial charge in [0.05, 0.1) is 10.0 Å². The maximum Gasteiger partial charge on any atom is 0.167 e. The first-order chi connectivity index (χ1) is 7.11. The molecule has 0 spiro atoms. The molecule has 15 heavy (non-hydrogen) atoms. The van der Waals surface area contributed by atoms with E-state index in [9.17, 15) is 13.9 Å². The summed E-state index contributed by atoms with van der Waals surface area (Å²) in [6.45, 7) is 0.762. The minimum absolute atomic E-state index is 0.0272. The number of phenolic OH excluding ortho intramolecular Hbond substituents is 1. The molecule has 1 atom stereocenters. The van der Waals surface area contributed by atoms with Gasteiger partial charge in [0.2, 0.25) is 0 Å². The number of benzene rings is 1. The molecule has 2 nitrogen and oxygen atoms in total. The van der Waals surface area contributed by atoms with Crippen LogP contribution in [0.2, 0.25) is 0 Å². The predicted molar refractivity (Wildman–Crippen MR) is 55.7 cm³/mol. The summed E-state index contributed by atoms with van der Waals surface area (Å²) in [5, 5.41) is 12.7. The first-order valence-corrected chi connectivity index (χ1v) is 5.50. The first-order valence-electron chi connectivity index (χ1n) is 4.71. The molecule has 0 bridgehead atoms. The van der Waals surface area contributed by atoms with Crippen molar-refractivity contribution in [3.63, 3.8) is 0 Å². The highest BCUT2D eigenvalue weighted by Crippen LogP contribution is 2.38. The average molecular weight is 278 g/mol. The zero-order valence-electron chi connectivity index (χ0n) is 7.86. The van der Waals surface area contributed by atoms with E-state index in [0.717, 1.165) is 19.0 Å². The topological polar surface area (TPSA) is 32.3 Å². The van der Waals surface area contributed by atoms with Gasteiger partial charge in [-0.15, -0.1) is 0 Å². The molecule has 1 aromatic carbocycles. The Morgan fingerprint density at radius 2 is 2.20 bits per heavy atom. The van der Waals surface area contributed by atoms with Gasteiger partial charge in [-0.05, 0) is 41.4 Å². The van der Waals surface area contributed by atoms with Crippen LogP contribution in [0.3, 0.4) is 0 Å². The summed E-state index contributed by atoms with van der Waals surface area (Å²) in [5.41, 5.74) is 0.0272. The van der Waals surface area contributed by atoms with E-state index in [0.29, 0.717) is 6.42 Å². The van der Waals surface area contributed by atoms with E-state index in [1.165, 1.54) is 0 Å². The maximum atomic E-state index is 13.5.